The van der Waals surface area contributed by atoms with Crippen molar-refractivity contribution >= 4 is 33.2 Å². The maximum absolute atomic E-state index is 12.9. The Hall–Kier alpha value is -5.73. The highest BCUT2D eigenvalue weighted by atomic mass is 79.9. The van der Waals surface area contributed by atoms with Crippen molar-refractivity contribution in [3.05, 3.63) is 168 Å². The molecule has 2 aliphatic rings. The van der Waals surface area contributed by atoms with Crippen molar-refractivity contribution in [2.24, 2.45) is 0 Å². The van der Waals surface area contributed by atoms with Crippen LogP contribution in [0.15, 0.2) is 146 Å². The van der Waals surface area contributed by atoms with Crippen LogP contribution < -0.4 is 29.2 Å². The number of amides is 1. The lowest BCUT2D eigenvalue weighted by Gasteiger charge is -2.26. The summed E-state index contributed by atoms with van der Waals surface area (Å²) >= 11 is 3.33. The van der Waals surface area contributed by atoms with Gasteiger partial charge in [0.1, 0.15) is 34.2 Å². The highest BCUT2D eigenvalue weighted by Crippen LogP contribution is 2.41. The summed E-state index contributed by atoms with van der Waals surface area (Å²) in [4.78, 5) is 14.7. The fourth-order valence-electron chi connectivity index (χ4n) is 7.06. The third-order valence-corrected chi connectivity index (χ3v) is 10.0. The fourth-order valence-corrected chi connectivity index (χ4v) is 7.36. The molecule has 1 N–H and O–H groups in total. The second kappa shape index (κ2) is 17.0. The molecule has 0 unspecified atom stereocenters. The maximum Gasteiger partial charge on any atom is 0.238 e. The molecule has 8 rings (SSSR count). The zero-order valence-electron chi connectivity index (χ0n) is 32.3. The first-order valence-electron chi connectivity index (χ1n) is 18.9. The van der Waals surface area contributed by atoms with E-state index in [0.717, 1.165) is 58.5 Å². The van der Waals surface area contributed by atoms with E-state index in [9.17, 15) is 4.79 Å². The van der Waals surface area contributed by atoms with E-state index in [-0.39, 0.29) is 22.4 Å². The van der Waals surface area contributed by atoms with Crippen LogP contribution in [0.2, 0.25) is 0 Å². The zero-order chi connectivity index (χ0) is 39.1. The van der Waals surface area contributed by atoms with Gasteiger partial charge < -0.3 is 29.2 Å². The van der Waals surface area contributed by atoms with Gasteiger partial charge in [-0.3, -0.25) is 4.79 Å². The molecule has 0 fully saturated rings. The number of nitrogens with one attached hydrogen (secondary N) is 1. The van der Waals surface area contributed by atoms with Crippen LogP contribution in [0.5, 0.6) is 34.5 Å². The number of ether oxygens (including phenoxy) is 4. The Balaban J connectivity index is 0.000000173. The fraction of sp³-hybridized carbons (Fsp3) is 0.229. The van der Waals surface area contributed by atoms with Gasteiger partial charge in [-0.05, 0) is 87.4 Å². The monoisotopic (exact) mass is 810 g/mol. The number of para-hydroxylation sites is 8. The first-order valence-corrected chi connectivity index (χ1v) is 20.0. The molecule has 56 heavy (non-hydrogen) atoms. The van der Waals surface area contributed by atoms with E-state index in [1.807, 2.05) is 121 Å². The number of alkyl halides is 1. The first kappa shape index (κ1) is 38.5. The summed E-state index contributed by atoms with van der Waals surface area (Å²) in [6.07, 6.45) is 1.81. The number of nitrogens with zero attached hydrogens (tertiary/aromatic N) is 1. The Kier molecular flexibility index (Phi) is 11.7. The van der Waals surface area contributed by atoms with Crippen LogP contribution in [-0.2, 0) is 30.7 Å². The van der Waals surface area contributed by atoms with Crippen LogP contribution in [0.1, 0.15) is 49.9 Å². The quantitative estimate of drug-likeness (QED) is 0.131. The van der Waals surface area contributed by atoms with Gasteiger partial charge in [0.25, 0.3) is 0 Å². The third-order valence-electron chi connectivity index (χ3n) is 9.54. The average molecular weight is 812 g/mol. The van der Waals surface area contributed by atoms with Gasteiger partial charge in [0.15, 0.2) is 11.5 Å². The van der Waals surface area contributed by atoms with Gasteiger partial charge in [0.05, 0.1) is 23.2 Å². The number of hydrogen-bond donors (Lipinski definition) is 1. The molecular weight excluding hydrogens is 764 g/mol. The number of hydrogen-bond acceptors (Lipinski definition) is 6. The molecule has 0 atom stereocenters. The van der Waals surface area contributed by atoms with Crippen molar-refractivity contribution in [2.75, 3.05) is 15.5 Å². The highest BCUT2D eigenvalue weighted by molar-refractivity contribution is 9.09. The van der Waals surface area contributed by atoms with E-state index in [4.69, 9.17) is 18.9 Å². The average Bonchev–Trinajstić information content (AvgIpc) is 3.71. The second-order valence-corrected chi connectivity index (χ2v) is 15.7. The SMILES string of the molecule is CC1(C)Cc2cccc(CN(C(=O)CBr)c3ccccc3Oc3ccccc3)c2O1.CC1(C)Cc2cccc(CNc3ccccc3Oc3ccccc3)c2O1. The van der Waals surface area contributed by atoms with Crippen LogP contribution in [0.3, 0.4) is 0 Å². The van der Waals surface area contributed by atoms with Crippen molar-refractivity contribution < 1.29 is 23.7 Å². The van der Waals surface area contributed by atoms with Gasteiger partial charge >= 0.3 is 0 Å². The van der Waals surface area contributed by atoms with Crippen molar-refractivity contribution in [2.45, 2.75) is 64.8 Å². The van der Waals surface area contributed by atoms with Crippen molar-refractivity contribution in [3.8, 4) is 34.5 Å². The summed E-state index contributed by atoms with van der Waals surface area (Å²) in [5, 5.41) is 3.72. The number of anilines is 2. The number of halogens is 1. The summed E-state index contributed by atoms with van der Waals surface area (Å²) < 4.78 is 24.5. The Labute approximate surface area is 338 Å². The van der Waals surface area contributed by atoms with E-state index in [1.54, 1.807) is 4.90 Å². The summed E-state index contributed by atoms with van der Waals surface area (Å²) in [5.41, 5.74) is 5.93. The summed E-state index contributed by atoms with van der Waals surface area (Å²) in [7, 11) is 0. The van der Waals surface area contributed by atoms with Crippen LogP contribution in [0.25, 0.3) is 0 Å². The van der Waals surface area contributed by atoms with Crippen molar-refractivity contribution in [1.82, 2.24) is 0 Å². The largest absolute Gasteiger partial charge is 0.487 e. The Morgan fingerprint density at radius 3 is 1.73 bits per heavy atom. The molecule has 2 aliphatic heterocycles. The lowest BCUT2D eigenvalue weighted by molar-refractivity contribution is -0.116. The van der Waals surface area contributed by atoms with E-state index in [1.165, 1.54) is 16.7 Å². The highest BCUT2D eigenvalue weighted by Gasteiger charge is 2.33. The Morgan fingerprint density at radius 1 is 0.625 bits per heavy atom. The molecule has 0 saturated heterocycles. The molecule has 8 heteroatoms. The number of fused-ring (bicyclic) bond motifs is 2. The molecule has 0 aliphatic carbocycles. The lowest BCUT2D eigenvalue weighted by atomic mass is 10.0. The van der Waals surface area contributed by atoms with Crippen LogP contribution in [-0.4, -0.2) is 22.4 Å². The van der Waals surface area contributed by atoms with Gasteiger partial charge in [-0.1, -0.05) is 113 Å². The zero-order valence-corrected chi connectivity index (χ0v) is 33.8. The first-order chi connectivity index (χ1) is 27.1. The summed E-state index contributed by atoms with van der Waals surface area (Å²) in [6.45, 7) is 9.52. The maximum atomic E-state index is 12.9. The Bertz CT molecular complexity index is 2280. The topological polar surface area (TPSA) is 69.3 Å². The normalized spacial score (nSPS) is 14.2. The number of benzene rings is 6. The molecule has 0 saturated carbocycles. The van der Waals surface area contributed by atoms with Gasteiger partial charge in [-0.2, -0.15) is 0 Å². The minimum Gasteiger partial charge on any atom is -0.487 e. The molecule has 2 heterocycles. The summed E-state index contributed by atoms with van der Waals surface area (Å²) in [6, 6.07) is 47.5. The number of carbonyl (C=O) groups is 1. The molecular formula is C48H47BrN2O5. The van der Waals surface area contributed by atoms with E-state index in [2.05, 4.69) is 73.2 Å². The molecule has 6 aromatic rings. The van der Waals surface area contributed by atoms with Crippen LogP contribution >= 0.6 is 15.9 Å². The second-order valence-electron chi connectivity index (χ2n) is 15.1. The predicted molar refractivity (Wildman–Crippen MR) is 228 cm³/mol. The van der Waals surface area contributed by atoms with Crippen molar-refractivity contribution in [3.63, 3.8) is 0 Å². The third kappa shape index (κ3) is 9.37. The lowest BCUT2D eigenvalue weighted by Crippen LogP contribution is -2.32. The summed E-state index contributed by atoms with van der Waals surface area (Å²) in [5.74, 6) is 4.85. The molecule has 6 aromatic carbocycles. The standard InChI is InChI=1S/C25H24BrNO3.C23H23NO2/c1-25(2)15-18-9-8-10-19(24(18)30-25)17-27(23(28)16-26)21-13-6-7-14-22(21)29-20-11-4-3-5-12-20;1-23(2)15-17-9-8-10-18(22(17)26-23)16-24-20-13-6-7-14-21(20)25-19-11-4-3-5-12-19/h3-14H,15-17H2,1-2H3;3-14,24H,15-16H2,1-2H3. The van der Waals surface area contributed by atoms with Crippen LogP contribution in [0, 0.1) is 0 Å². The molecule has 286 valence electrons. The predicted octanol–water partition coefficient (Wildman–Crippen LogP) is 11.9. The van der Waals surface area contributed by atoms with E-state index >= 15 is 0 Å². The number of rotatable bonds is 11. The minimum absolute atomic E-state index is 0.0472. The van der Waals surface area contributed by atoms with E-state index < -0.39 is 0 Å². The molecule has 0 spiro atoms. The van der Waals surface area contributed by atoms with Crippen molar-refractivity contribution in [1.29, 1.82) is 0 Å². The minimum atomic E-state index is -0.239. The Morgan fingerprint density at radius 2 is 1.12 bits per heavy atom. The molecule has 0 aromatic heterocycles. The molecule has 0 bridgehead atoms. The van der Waals surface area contributed by atoms with Gasteiger partial charge in [0.2, 0.25) is 5.91 Å². The van der Waals surface area contributed by atoms with Gasteiger partial charge in [-0.25, -0.2) is 0 Å². The smallest absolute Gasteiger partial charge is 0.238 e. The van der Waals surface area contributed by atoms with Crippen LogP contribution in [0.4, 0.5) is 11.4 Å². The van der Waals surface area contributed by atoms with Gasteiger partial charge in [-0.15, -0.1) is 0 Å². The molecule has 1 amide bonds. The number of carbonyl (C=O) groups excluding carboxylic acids is 1. The van der Waals surface area contributed by atoms with Gasteiger partial charge in [0, 0.05) is 30.5 Å². The molecule has 0 radical (unpaired) electrons. The molecule has 7 nitrogen and oxygen atoms in total. The van der Waals surface area contributed by atoms with E-state index in [0.29, 0.717) is 18.8 Å².